The summed E-state index contributed by atoms with van der Waals surface area (Å²) in [4.78, 5) is 72.1. The van der Waals surface area contributed by atoms with Gasteiger partial charge in [0.2, 0.25) is 0 Å². The van der Waals surface area contributed by atoms with E-state index in [0.29, 0.717) is 31.6 Å². The average Bonchev–Trinajstić information content (AvgIpc) is 3.70. The molecule has 0 aromatic rings. The molecule has 516 valence electrons. The van der Waals surface area contributed by atoms with Gasteiger partial charge in [-0.15, -0.1) is 0 Å². The zero-order valence-electron chi connectivity index (χ0n) is 56.3. The number of hydrogen-bond acceptors (Lipinski definition) is 15. The number of phosphoric ester groups is 2. The summed E-state index contributed by atoms with van der Waals surface area (Å²) in [6, 6.07) is 0. The molecule has 0 aliphatic heterocycles. The number of aliphatic hydroxyl groups is 1. The van der Waals surface area contributed by atoms with Crippen LogP contribution >= 0.6 is 15.6 Å². The molecular weight excluding hydrogens is 1150 g/mol. The second-order valence-electron chi connectivity index (χ2n) is 25.5. The van der Waals surface area contributed by atoms with Gasteiger partial charge in [-0.25, -0.2) is 9.13 Å². The van der Waals surface area contributed by atoms with Gasteiger partial charge in [-0.1, -0.05) is 292 Å². The topological polar surface area (TPSA) is 237 Å². The Morgan fingerprint density at radius 1 is 0.310 bits per heavy atom. The van der Waals surface area contributed by atoms with Crippen LogP contribution in [0.5, 0.6) is 0 Å². The van der Waals surface area contributed by atoms with Crippen molar-refractivity contribution in [2.45, 2.75) is 362 Å². The first-order valence-electron chi connectivity index (χ1n) is 35.5. The molecule has 0 radical (unpaired) electrons. The summed E-state index contributed by atoms with van der Waals surface area (Å²) in [6.07, 6.45) is 44.9. The van der Waals surface area contributed by atoms with Gasteiger partial charge in [0.05, 0.1) is 26.4 Å². The molecule has 0 aromatic heterocycles. The van der Waals surface area contributed by atoms with Gasteiger partial charge in [0, 0.05) is 25.7 Å². The van der Waals surface area contributed by atoms with Gasteiger partial charge in [-0.05, 0) is 37.5 Å². The second kappa shape index (κ2) is 60.3. The van der Waals surface area contributed by atoms with Gasteiger partial charge in [0.25, 0.3) is 0 Å². The van der Waals surface area contributed by atoms with Crippen molar-refractivity contribution < 1.29 is 80.2 Å². The number of phosphoric acid groups is 2. The lowest BCUT2D eigenvalue weighted by atomic mass is 10.0. The molecule has 0 aromatic carbocycles. The molecule has 5 atom stereocenters. The summed E-state index contributed by atoms with van der Waals surface area (Å²) >= 11 is 0. The van der Waals surface area contributed by atoms with Gasteiger partial charge in [0.1, 0.15) is 19.3 Å². The highest BCUT2D eigenvalue weighted by molar-refractivity contribution is 7.47. The molecule has 0 aliphatic carbocycles. The maximum absolute atomic E-state index is 13.0. The number of hydrogen-bond donors (Lipinski definition) is 3. The van der Waals surface area contributed by atoms with E-state index in [0.717, 1.165) is 102 Å². The molecule has 0 heterocycles. The van der Waals surface area contributed by atoms with Crippen LogP contribution in [-0.2, 0) is 65.4 Å². The lowest BCUT2D eigenvalue weighted by molar-refractivity contribution is -0.161. The maximum Gasteiger partial charge on any atom is 0.472 e. The highest BCUT2D eigenvalue weighted by Gasteiger charge is 2.30. The molecule has 0 aliphatic rings. The Bertz CT molecular complexity index is 1700. The van der Waals surface area contributed by atoms with Crippen LogP contribution in [0.4, 0.5) is 0 Å². The molecule has 19 heteroatoms. The van der Waals surface area contributed by atoms with Crippen molar-refractivity contribution in [3.63, 3.8) is 0 Å². The Morgan fingerprint density at radius 2 is 0.529 bits per heavy atom. The summed E-state index contributed by atoms with van der Waals surface area (Å²) in [5, 5.41) is 10.5. The molecule has 0 fully saturated rings. The van der Waals surface area contributed by atoms with Crippen LogP contribution in [0.2, 0.25) is 0 Å². The van der Waals surface area contributed by atoms with Gasteiger partial charge in [0.15, 0.2) is 12.2 Å². The SMILES string of the molecule is CCCCCCCCCCCCCCCCCCC(=O)OC[C@H](COP(=O)(O)OC[C@@H](O)COP(=O)(O)OC[C@@H](COC(=O)CCCCCCC)OC(=O)CCCCCCCCCC(C)C)OC(=O)CCCCCCCCCCCCCCCC(C)C. The van der Waals surface area contributed by atoms with Crippen molar-refractivity contribution in [2.24, 2.45) is 11.8 Å². The zero-order valence-corrected chi connectivity index (χ0v) is 58.1. The van der Waals surface area contributed by atoms with Gasteiger partial charge in [-0.2, -0.15) is 0 Å². The average molecular weight is 1280 g/mol. The summed E-state index contributed by atoms with van der Waals surface area (Å²) < 4.78 is 68.0. The van der Waals surface area contributed by atoms with E-state index in [1.54, 1.807) is 0 Å². The van der Waals surface area contributed by atoms with Crippen molar-refractivity contribution in [1.82, 2.24) is 0 Å². The maximum atomic E-state index is 13.0. The van der Waals surface area contributed by atoms with Crippen LogP contribution in [0.15, 0.2) is 0 Å². The fraction of sp³-hybridized carbons (Fsp3) is 0.941. The first kappa shape index (κ1) is 85.1. The van der Waals surface area contributed by atoms with Crippen molar-refractivity contribution in [1.29, 1.82) is 0 Å². The van der Waals surface area contributed by atoms with Crippen molar-refractivity contribution in [3.8, 4) is 0 Å². The number of esters is 4. The molecule has 0 saturated heterocycles. The van der Waals surface area contributed by atoms with E-state index in [9.17, 15) is 43.2 Å². The van der Waals surface area contributed by atoms with Gasteiger partial charge < -0.3 is 33.8 Å². The molecule has 0 saturated carbocycles. The Balaban J connectivity index is 5.16. The monoisotopic (exact) mass is 1280 g/mol. The van der Waals surface area contributed by atoms with Crippen LogP contribution in [0.1, 0.15) is 343 Å². The van der Waals surface area contributed by atoms with Crippen LogP contribution in [0.3, 0.4) is 0 Å². The molecule has 17 nitrogen and oxygen atoms in total. The smallest absolute Gasteiger partial charge is 0.462 e. The van der Waals surface area contributed by atoms with E-state index in [4.69, 9.17) is 37.0 Å². The summed E-state index contributed by atoms with van der Waals surface area (Å²) in [5.74, 6) is -0.657. The van der Waals surface area contributed by atoms with Crippen molar-refractivity contribution >= 4 is 39.5 Å². The summed E-state index contributed by atoms with van der Waals surface area (Å²) in [6.45, 7) is 9.40. The van der Waals surface area contributed by atoms with E-state index in [1.807, 2.05) is 0 Å². The molecule has 0 rings (SSSR count). The van der Waals surface area contributed by atoms with Gasteiger partial charge in [-0.3, -0.25) is 37.3 Å². The minimum atomic E-state index is -4.95. The minimum absolute atomic E-state index is 0.103. The summed E-state index contributed by atoms with van der Waals surface area (Å²) in [7, 11) is -9.89. The van der Waals surface area contributed by atoms with Gasteiger partial charge >= 0.3 is 39.5 Å². The first-order chi connectivity index (χ1) is 41.9. The zero-order chi connectivity index (χ0) is 64.3. The standard InChI is InChI=1S/C68H132O17P2/c1-7-9-11-13-14-15-16-17-18-19-22-25-28-33-39-45-51-66(71)79-57-64(85-67(72)52-46-40-34-29-26-23-20-21-24-27-31-37-42-48-60(3)4)59-83-87(76,77)81-55-62(69)54-80-86(74,75)82-58-63(56-78-65(70)50-44-36-12-10-8-2)84-68(73)53-47-41-35-30-32-38-43-49-61(5)6/h60-64,69H,7-59H2,1-6H3,(H,74,75)(H,76,77)/t62-,63+,64+/m0/s1. The molecule has 2 unspecified atom stereocenters. The molecule has 0 bridgehead atoms. The number of carbonyl (C=O) groups excluding carboxylic acids is 4. The van der Waals surface area contributed by atoms with Crippen molar-refractivity contribution in [3.05, 3.63) is 0 Å². The predicted molar refractivity (Wildman–Crippen MR) is 349 cm³/mol. The van der Waals surface area contributed by atoms with E-state index in [2.05, 4.69) is 41.5 Å². The van der Waals surface area contributed by atoms with Crippen LogP contribution < -0.4 is 0 Å². The highest BCUT2D eigenvalue weighted by atomic mass is 31.2. The van der Waals surface area contributed by atoms with E-state index in [1.165, 1.54) is 154 Å². The number of aliphatic hydroxyl groups excluding tert-OH is 1. The Kier molecular flexibility index (Phi) is 59.0. The van der Waals surface area contributed by atoms with E-state index < -0.39 is 97.5 Å². The van der Waals surface area contributed by atoms with E-state index in [-0.39, 0.29) is 25.7 Å². The number of ether oxygens (including phenoxy) is 4. The Morgan fingerprint density at radius 3 is 0.782 bits per heavy atom. The molecule has 0 spiro atoms. The minimum Gasteiger partial charge on any atom is -0.462 e. The first-order valence-corrected chi connectivity index (χ1v) is 38.5. The highest BCUT2D eigenvalue weighted by Crippen LogP contribution is 2.45. The number of rotatable bonds is 67. The van der Waals surface area contributed by atoms with Crippen LogP contribution in [-0.4, -0.2) is 96.7 Å². The third kappa shape index (κ3) is 62.6. The Labute approximate surface area is 530 Å². The normalized spacial score (nSPS) is 14.2. The summed E-state index contributed by atoms with van der Waals surface area (Å²) in [5.41, 5.74) is 0. The van der Waals surface area contributed by atoms with E-state index >= 15 is 0 Å². The predicted octanol–water partition coefficient (Wildman–Crippen LogP) is 19.2. The molecule has 0 amide bonds. The number of carbonyl (C=O) groups is 4. The second-order valence-corrected chi connectivity index (χ2v) is 28.4. The van der Waals surface area contributed by atoms with Crippen LogP contribution in [0, 0.1) is 11.8 Å². The quantitative estimate of drug-likeness (QED) is 0.0222. The third-order valence-corrected chi connectivity index (χ3v) is 17.6. The largest absolute Gasteiger partial charge is 0.472 e. The Hall–Kier alpha value is -1.94. The van der Waals surface area contributed by atoms with Crippen molar-refractivity contribution in [2.75, 3.05) is 39.6 Å². The van der Waals surface area contributed by atoms with Crippen LogP contribution in [0.25, 0.3) is 0 Å². The number of unbranched alkanes of at least 4 members (excludes halogenated alkanes) is 37. The third-order valence-electron chi connectivity index (χ3n) is 15.7. The molecular formula is C68H132O17P2. The fourth-order valence-corrected chi connectivity index (χ4v) is 11.8. The lowest BCUT2D eigenvalue weighted by Crippen LogP contribution is -2.30. The lowest BCUT2D eigenvalue weighted by Gasteiger charge is -2.21. The molecule has 3 N–H and O–H groups in total. The molecule has 87 heavy (non-hydrogen) atoms. The fourth-order valence-electron chi connectivity index (χ4n) is 10.2.